The van der Waals surface area contributed by atoms with Gasteiger partial charge >= 0.3 is 0 Å². The molecule has 2 atom stereocenters. The zero-order valence-electron chi connectivity index (χ0n) is 15.3. The van der Waals surface area contributed by atoms with E-state index in [1.807, 2.05) is 54.6 Å². The van der Waals surface area contributed by atoms with Gasteiger partial charge in [0, 0.05) is 29.9 Å². The quantitative estimate of drug-likeness (QED) is 0.540. The van der Waals surface area contributed by atoms with E-state index in [4.69, 9.17) is 21.4 Å². The molecule has 5 nitrogen and oxygen atoms in total. The van der Waals surface area contributed by atoms with E-state index < -0.39 is 0 Å². The molecule has 0 bridgehead atoms. The minimum Gasteiger partial charge on any atom is -0.459 e. The molecule has 1 fully saturated rings. The number of rotatable bonds is 6. The number of nitrogens with one attached hydrogen (secondary N) is 1. The Morgan fingerprint density at radius 3 is 2.71 bits per heavy atom. The molecule has 1 aliphatic rings. The Balaban J connectivity index is 1.70. The van der Waals surface area contributed by atoms with Gasteiger partial charge in [0.05, 0.1) is 18.3 Å². The molecular formula is C21H20BrN3O2S. The van der Waals surface area contributed by atoms with Gasteiger partial charge in [-0.05, 0) is 48.6 Å². The lowest BCUT2D eigenvalue weighted by Crippen LogP contribution is -2.32. The molecule has 144 valence electrons. The van der Waals surface area contributed by atoms with E-state index in [2.05, 4.69) is 31.1 Å². The predicted octanol–water partition coefficient (Wildman–Crippen LogP) is 4.72. The summed E-state index contributed by atoms with van der Waals surface area (Å²) in [4.78, 5) is 6.65. The van der Waals surface area contributed by atoms with Crippen LogP contribution < -0.4 is 5.32 Å². The first-order valence-electron chi connectivity index (χ1n) is 9.00. The number of pyridine rings is 1. The van der Waals surface area contributed by atoms with Crippen LogP contribution in [0, 0.1) is 0 Å². The highest BCUT2D eigenvalue weighted by Crippen LogP contribution is 2.40. The Morgan fingerprint density at radius 1 is 1.18 bits per heavy atom. The molecule has 3 heterocycles. The highest BCUT2D eigenvalue weighted by molar-refractivity contribution is 9.10. The van der Waals surface area contributed by atoms with Crippen molar-refractivity contribution in [1.82, 2.24) is 15.2 Å². The van der Waals surface area contributed by atoms with E-state index in [0.717, 1.165) is 27.3 Å². The van der Waals surface area contributed by atoms with Crippen LogP contribution in [-0.4, -0.2) is 35.3 Å². The molecule has 1 N–H and O–H groups in total. The third-order valence-electron chi connectivity index (χ3n) is 4.78. The second-order valence-electron chi connectivity index (χ2n) is 6.52. The van der Waals surface area contributed by atoms with Crippen LogP contribution in [0.25, 0.3) is 11.3 Å². The SMILES string of the molecule is COCCN1C(=S)NC(c2ccccn2)C1c1ccc(-c2ccc(Br)cc2)o1. The van der Waals surface area contributed by atoms with Crippen LogP contribution >= 0.6 is 28.1 Å². The summed E-state index contributed by atoms with van der Waals surface area (Å²) < 4.78 is 12.6. The summed E-state index contributed by atoms with van der Waals surface area (Å²) in [7, 11) is 1.69. The molecule has 0 aliphatic carbocycles. The van der Waals surface area contributed by atoms with Crippen molar-refractivity contribution >= 4 is 33.3 Å². The van der Waals surface area contributed by atoms with Crippen molar-refractivity contribution in [3.63, 3.8) is 0 Å². The first-order chi connectivity index (χ1) is 13.7. The second kappa shape index (κ2) is 8.43. The van der Waals surface area contributed by atoms with E-state index in [1.165, 1.54) is 0 Å². The third kappa shape index (κ3) is 3.83. The van der Waals surface area contributed by atoms with E-state index in [0.29, 0.717) is 18.3 Å². The van der Waals surface area contributed by atoms with Gasteiger partial charge in [0.15, 0.2) is 5.11 Å². The Hall–Kier alpha value is -2.22. The summed E-state index contributed by atoms with van der Waals surface area (Å²) in [6.45, 7) is 1.25. The van der Waals surface area contributed by atoms with Gasteiger partial charge in [0.2, 0.25) is 0 Å². The minimum atomic E-state index is -0.0956. The van der Waals surface area contributed by atoms with E-state index in [9.17, 15) is 0 Å². The molecule has 1 saturated heterocycles. The Kier molecular flexibility index (Phi) is 5.75. The van der Waals surface area contributed by atoms with Gasteiger partial charge in [-0.1, -0.05) is 34.1 Å². The number of halogens is 1. The number of methoxy groups -OCH3 is 1. The zero-order chi connectivity index (χ0) is 19.5. The van der Waals surface area contributed by atoms with Crippen molar-refractivity contribution in [3.8, 4) is 11.3 Å². The molecular weight excluding hydrogens is 438 g/mol. The van der Waals surface area contributed by atoms with Gasteiger partial charge < -0.3 is 19.4 Å². The summed E-state index contributed by atoms with van der Waals surface area (Å²) in [5.41, 5.74) is 1.96. The molecule has 0 spiro atoms. The van der Waals surface area contributed by atoms with Crippen LogP contribution in [0.4, 0.5) is 0 Å². The summed E-state index contributed by atoms with van der Waals surface area (Å²) in [5.74, 6) is 1.67. The lowest BCUT2D eigenvalue weighted by atomic mass is 10.0. The number of hydrogen-bond acceptors (Lipinski definition) is 4. The fourth-order valence-corrected chi connectivity index (χ4v) is 4.02. The molecule has 7 heteroatoms. The third-order valence-corrected chi connectivity index (χ3v) is 5.66. The van der Waals surface area contributed by atoms with Gasteiger partial charge in [0.25, 0.3) is 0 Å². The summed E-state index contributed by atoms with van der Waals surface area (Å²) in [6, 6.07) is 17.8. The van der Waals surface area contributed by atoms with Gasteiger partial charge in [-0.2, -0.15) is 0 Å². The smallest absolute Gasteiger partial charge is 0.170 e. The lowest BCUT2D eigenvalue weighted by Gasteiger charge is -2.25. The van der Waals surface area contributed by atoms with Crippen LogP contribution in [0.15, 0.2) is 69.7 Å². The van der Waals surface area contributed by atoms with Crippen LogP contribution in [0.2, 0.25) is 0 Å². The van der Waals surface area contributed by atoms with Crippen molar-refractivity contribution in [2.45, 2.75) is 12.1 Å². The summed E-state index contributed by atoms with van der Waals surface area (Å²) in [5, 5.41) is 4.09. The summed E-state index contributed by atoms with van der Waals surface area (Å²) >= 11 is 9.08. The van der Waals surface area contributed by atoms with Gasteiger partial charge in [-0.25, -0.2) is 0 Å². The first kappa shape index (κ1) is 19.1. The van der Waals surface area contributed by atoms with Crippen LogP contribution in [0.1, 0.15) is 23.5 Å². The standard InChI is InChI=1S/C21H20BrN3O2S/c1-26-13-12-25-20(19(24-21(25)28)16-4-2-3-11-23-16)18-10-9-17(27-18)14-5-7-15(22)8-6-14/h2-11,19-20H,12-13H2,1H3,(H,24,28). The number of thiocarbonyl (C=S) groups is 1. The molecule has 0 amide bonds. The number of hydrogen-bond donors (Lipinski definition) is 1. The first-order valence-corrected chi connectivity index (χ1v) is 10.2. The number of nitrogens with zero attached hydrogens (tertiary/aromatic N) is 2. The maximum Gasteiger partial charge on any atom is 0.170 e. The fraction of sp³-hybridized carbons (Fsp3) is 0.238. The van der Waals surface area contributed by atoms with Gasteiger partial charge in [0.1, 0.15) is 17.6 Å². The Bertz CT molecular complexity index is 946. The summed E-state index contributed by atoms with van der Waals surface area (Å²) in [6.07, 6.45) is 1.80. The van der Waals surface area contributed by atoms with E-state index in [1.54, 1.807) is 13.3 Å². The molecule has 2 aromatic heterocycles. The van der Waals surface area contributed by atoms with Crippen molar-refractivity contribution < 1.29 is 9.15 Å². The number of benzene rings is 1. The average molecular weight is 458 g/mol. The Labute approximate surface area is 177 Å². The van der Waals surface area contributed by atoms with Gasteiger partial charge in [-0.15, -0.1) is 0 Å². The predicted molar refractivity (Wildman–Crippen MR) is 116 cm³/mol. The molecule has 2 unspecified atom stereocenters. The second-order valence-corrected chi connectivity index (χ2v) is 7.82. The van der Waals surface area contributed by atoms with E-state index >= 15 is 0 Å². The normalized spacial score (nSPS) is 19.1. The van der Waals surface area contributed by atoms with Gasteiger partial charge in [-0.3, -0.25) is 4.98 Å². The fourth-order valence-electron chi connectivity index (χ4n) is 3.43. The van der Waals surface area contributed by atoms with Crippen molar-refractivity contribution in [2.75, 3.05) is 20.3 Å². The Morgan fingerprint density at radius 2 is 2.00 bits per heavy atom. The van der Waals surface area contributed by atoms with Crippen molar-refractivity contribution in [1.29, 1.82) is 0 Å². The highest BCUT2D eigenvalue weighted by atomic mass is 79.9. The van der Waals surface area contributed by atoms with Crippen LogP contribution in [-0.2, 0) is 4.74 Å². The topological polar surface area (TPSA) is 50.5 Å². The van der Waals surface area contributed by atoms with Crippen molar-refractivity contribution in [2.24, 2.45) is 0 Å². The van der Waals surface area contributed by atoms with E-state index in [-0.39, 0.29) is 12.1 Å². The monoisotopic (exact) mass is 457 g/mol. The molecule has 1 aromatic carbocycles. The average Bonchev–Trinajstić information content (AvgIpc) is 3.32. The zero-order valence-corrected chi connectivity index (χ0v) is 17.7. The van der Waals surface area contributed by atoms with Crippen molar-refractivity contribution in [3.05, 3.63) is 76.7 Å². The molecule has 28 heavy (non-hydrogen) atoms. The maximum atomic E-state index is 6.28. The maximum absolute atomic E-state index is 6.28. The molecule has 0 saturated carbocycles. The van der Waals surface area contributed by atoms with Crippen LogP contribution in [0.5, 0.6) is 0 Å². The molecule has 0 radical (unpaired) electrons. The number of ether oxygens (including phenoxy) is 1. The largest absolute Gasteiger partial charge is 0.459 e. The molecule has 3 aromatic rings. The number of aromatic nitrogens is 1. The molecule has 1 aliphatic heterocycles. The molecule has 4 rings (SSSR count). The highest BCUT2D eigenvalue weighted by Gasteiger charge is 2.41. The van der Waals surface area contributed by atoms with Crippen LogP contribution in [0.3, 0.4) is 0 Å². The lowest BCUT2D eigenvalue weighted by molar-refractivity contribution is 0.158. The number of furan rings is 1. The minimum absolute atomic E-state index is 0.0885.